The molecule has 4 aromatic rings. The molecule has 0 aliphatic carbocycles. The van der Waals surface area contributed by atoms with Crippen molar-refractivity contribution in [1.29, 1.82) is 0 Å². The number of ether oxygens (including phenoxy) is 2. The van der Waals surface area contributed by atoms with Crippen LogP contribution in [0.4, 0.5) is 6.01 Å². The molecule has 0 saturated carbocycles. The van der Waals surface area contributed by atoms with Gasteiger partial charge in [-0.2, -0.15) is 4.98 Å². The van der Waals surface area contributed by atoms with E-state index in [1.807, 2.05) is 60.5 Å². The predicted octanol–water partition coefficient (Wildman–Crippen LogP) is 4.00. The van der Waals surface area contributed by atoms with E-state index in [-0.39, 0.29) is 0 Å². The van der Waals surface area contributed by atoms with E-state index >= 15 is 0 Å². The number of nitrogens with zero attached hydrogens (tertiary/aromatic N) is 2. The van der Waals surface area contributed by atoms with Gasteiger partial charge in [0.1, 0.15) is 12.1 Å². The Balaban J connectivity index is 1.50. The molecule has 0 aliphatic heterocycles. The van der Waals surface area contributed by atoms with Gasteiger partial charge in [-0.05, 0) is 31.2 Å². The fraction of sp³-hybridized carbons (Fsp3) is 0.238. The van der Waals surface area contributed by atoms with Crippen LogP contribution in [0.5, 0.6) is 5.75 Å². The van der Waals surface area contributed by atoms with Gasteiger partial charge in [0, 0.05) is 18.0 Å². The summed E-state index contributed by atoms with van der Waals surface area (Å²) in [7, 11) is 1.88. The van der Waals surface area contributed by atoms with Crippen molar-refractivity contribution in [2.75, 3.05) is 31.7 Å². The fourth-order valence-corrected chi connectivity index (χ4v) is 3.02. The van der Waals surface area contributed by atoms with Crippen LogP contribution in [-0.2, 0) is 4.74 Å². The second-order valence-corrected chi connectivity index (χ2v) is 6.33. The standard InChI is InChI=1S/C21H21N3O4/c1-3-26-20(25)18-19(14-8-4-5-9-15(14)22-18)27-13-12-24(2)21-23-16-10-6-7-11-17(16)28-21/h4-11,22H,3,12-13H2,1-2H3. The maximum atomic E-state index is 12.3. The highest BCUT2D eigenvalue weighted by Crippen LogP contribution is 2.30. The highest BCUT2D eigenvalue weighted by Gasteiger charge is 2.20. The number of nitrogens with one attached hydrogen (secondary N) is 1. The number of rotatable bonds is 7. The number of para-hydroxylation sites is 3. The van der Waals surface area contributed by atoms with Crippen LogP contribution in [0.15, 0.2) is 52.9 Å². The number of aromatic amines is 1. The van der Waals surface area contributed by atoms with Gasteiger partial charge in [0.05, 0.1) is 13.2 Å². The van der Waals surface area contributed by atoms with Crippen molar-refractivity contribution >= 4 is 34.0 Å². The zero-order valence-corrected chi connectivity index (χ0v) is 15.8. The topological polar surface area (TPSA) is 80.6 Å². The lowest BCUT2D eigenvalue weighted by molar-refractivity contribution is 0.0516. The second kappa shape index (κ2) is 7.64. The van der Waals surface area contributed by atoms with Crippen LogP contribution in [0.1, 0.15) is 17.4 Å². The van der Waals surface area contributed by atoms with Gasteiger partial charge in [-0.15, -0.1) is 0 Å². The number of likely N-dealkylation sites (N-methyl/N-ethyl adjacent to an activating group) is 1. The SMILES string of the molecule is CCOC(=O)c1[nH]c2ccccc2c1OCCN(C)c1nc2ccccc2o1. The molecule has 0 fully saturated rings. The molecule has 2 aromatic carbocycles. The van der Waals surface area contributed by atoms with Gasteiger partial charge in [-0.1, -0.05) is 24.3 Å². The van der Waals surface area contributed by atoms with Gasteiger partial charge < -0.3 is 23.8 Å². The van der Waals surface area contributed by atoms with Gasteiger partial charge in [0.15, 0.2) is 17.0 Å². The molecule has 144 valence electrons. The molecular weight excluding hydrogens is 358 g/mol. The molecule has 1 N–H and O–H groups in total. The van der Waals surface area contributed by atoms with Crippen molar-refractivity contribution in [1.82, 2.24) is 9.97 Å². The van der Waals surface area contributed by atoms with E-state index in [2.05, 4.69) is 9.97 Å². The number of hydrogen-bond acceptors (Lipinski definition) is 6. The lowest BCUT2D eigenvalue weighted by atomic mass is 10.2. The molecule has 28 heavy (non-hydrogen) atoms. The number of fused-ring (bicyclic) bond motifs is 2. The lowest BCUT2D eigenvalue weighted by Crippen LogP contribution is -2.24. The molecule has 4 rings (SSSR count). The smallest absolute Gasteiger partial charge is 0.358 e. The molecule has 0 amide bonds. The van der Waals surface area contributed by atoms with Crippen molar-refractivity contribution < 1.29 is 18.7 Å². The van der Waals surface area contributed by atoms with Crippen LogP contribution in [-0.4, -0.2) is 42.7 Å². The van der Waals surface area contributed by atoms with Gasteiger partial charge in [-0.3, -0.25) is 0 Å². The second-order valence-electron chi connectivity index (χ2n) is 6.33. The first-order chi connectivity index (χ1) is 13.7. The largest absolute Gasteiger partial charge is 0.489 e. The molecule has 0 bridgehead atoms. The minimum absolute atomic E-state index is 0.300. The average Bonchev–Trinajstić information content (AvgIpc) is 3.30. The quantitative estimate of drug-likeness (QED) is 0.489. The Morgan fingerprint density at radius 1 is 1.18 bits per heavy atom. The van der Waals surface area contributed by atoms with Crippen LogP contribution < -0.4 is 9.64 Å². The third-order valence-electron chi connectivity index (χ3n) is 4.42. The summed E-state index contributed by atoms with van der Waals surface area (Å²) in [5, 5.41) is 0.843. The Morgan fingerprint density at radius 2 is 1.96 bits per heavy atom. The molecule has 0 spiro atoms. The first-order valence-corrected chi connectivity index (χ1v) is 9.14. The summed E-state index contributed by atoms with van der Waals surface area (Å²) in [4.78, 5) is 21.7. The molecule has 2 heterocycles. The first-order valence-electron chi connectivity index (χ1n) is 9.14. The molecule has 0 aliphatic rings. The van der Waals surface area contributed by atoms with E-state index in [1.165, 1.54) is 0 Å². The van der Waals surface area contributed by atoms with E-state index in [1.54, 1.807) is 6.92 Å². The number of hydrogen-bond donors (Lipinski definition) is 1. The third-order valence-corrected chi connectivity index (χ3v) is 4.42. The number of H-pyrrole nitrogens is 1. The normalized spacial score (nSPS) is 11.1. The molecule has 7 heteroatoms. The highest BCUT2D eigenvalue weighted by molar-refractivity contribution is 6.00. The van der Waals surface area contributed by atoms with Crippen molar-refractivity contribution in [3.05, 3.63) is 54.2 Å². The van der Waals surface area contributed by atoms with Crippen LogP contribution in [0.25, 0.3) is 22.0 Å². The van der Waals surface area contributed by atoms with Crippen LogP contribution in [0.3, 0.4) is 0 Å². The molecule has 0 radical (unpaired) electrons. The van der Waals surface area contributed by atoms with Gasteiger partial charge in [0.25, 0.3) is 6.01 Å². The number of carbonyl (C=O) groups excluding carboxylic acids is 1. The van der Waals surface area contributed by atoms with Crippen molar-refractivity contribution in [3.63, 3.8) is 0 Å². The Labute approximate surface area is 161 Å². The summed E-state index contributed by atoms with van der Waals surface area (Å²) < 4.78 is 16.9. The minimum atomic E-state index is -0.430. The number of anilines is 1. The molecule has 7 nitrogen and oxygen atoms in total. The summed E-state index contributed by atoms with van der Waals surface area (Å²) in [6.45, 7) is 2.96. The van der Waals surface area contributed by atoms with E-state index < -0.39 is 5.97 Å². The maximum Gasteiger partial charge on any atom is 0.358 e. The van der Waals surface area contributed by atoms with Crippen molar-refractivity contribution in [2.45, 2.75) is 6.92 Å². The van der Waals surface area contributed by atoms with E-state index in [0.717, 1.165) is 22.0 Å². The summed E-state index contributed by atoms with van der Waals surface area (Å²) >= 11 is 0. The minimum Gasteiger partial charge on any atom is -0.489 e. The molecule has 0 atom stereocenters. The van der Waals surface area contributed by atoms with Crippen LogP contribution >= 0.6 is 0 Å². The number of carbonyl (C=O) groups is 1. The summed E-state index contributed by atoms with van der Waals surface area (Å²) in [6, 6.07) is 15.8. The summed E-state index contributed by atoms with van der Waals surface area (Å²) in [6.07, 6.45) is 0. The summed E-state index contributed by atoms with van der Waals surface area (Å²) in [5.41, 5.74) is 2.71. The van der Waals surface area contributed by atoms with Gasteiger partial charge in [-0.25, -0.2) is 4.79 Å². The molecule has 2 aromatic heterocycles. The van der Waals surface area contributed by atoms with Crippen LogP contribution in [0, 0.1) is 0 Å². The molecule has 0 unspecified atom stereocenters. The molecular formula is C21H21N3O4. The Bertz CT molecular complexity index is 1080. The van der Waals surface area contributed by atoms with Crippen LogP contribution in [0.2, 0.25) is 0 Å². The van der Waals surface area contributed by atoms with Gasteiger partial charge >= 0.3 is 5.97 Å². The lowest BCUT2D eigenvalue weighted by Gasteiger charge is -2.15. The zero-order valence-electron chi connectivity index (χ0n) is 15.8. The Kier molecular flexibility index (Phi) is 4.89. The number of esters is 1. The van der Waals surface area contributed by atoms with E-state index in [4.69, 9.17) is 13.9 Å². The zero-order chi connectivity index (χ0) is 19.5. The predicted molar refractivity (Wildman–Crippen MR) is 107 cm³/mol. The average molecular weight is 379 g/mol. The van der Waals surface area contributed by atoms with Crippen molar-refractivity contribution in [3.8, 4) is 5.75 Å². The maximum absolute atomic E-state index is 12.3. The third kappa shape index (κ3) is 3.38. The Hall–Kier alpha value is -3.48. The van der Waals surface area contributed by atoms with Crippen molar-refractivity contribution in [2.24, 2.45) is 0 Å². The first kappa shape index (κ1) is 17.9. The highest BCUT2D eigenvalue weighted by atomic mass is 16.5. The number of benzene rings is 2. The molecule has 0 saturated heterocycles. The van der Waals surface area contributed by atoms with E-state index in [0.29, 0.717) is 37.2 Å². The number of aromatic nitrogens is 2. The fourth-order valence-electron chi connectivity index (χ4n) is 3.02. The van der Waals surface area contributed by atoms with Gasteiger partial charge in [0.2, 0.25) is 0 Å². The van der Waals surface area contributed by atoms with E-state index in [9.17, 15) is 4.79 Å². The Morgan fingerprint density at radius 3 is 2.79 bits per heavy atom. The number of oxazole rings is 1. The summed E-state index contributed by atoms with van der Waals surface area (Å²) in [5.74, 6) is 0.0704. The monoisotopic (exact) mass is 379 g/mol.